The highest BCUT2D eigenvalue weighted by Gasteiger charge is 1.99. The molecule has 3 heteroatoms. The van der Waals surface area contributed by atoms with Crippen LogP contribution in [0.25, 0.3) is 0 Å². The number of nitrogens with one attached hydrogen (secondary N) is 1. The maximum absolute atomic E-state index is 11.1. The molecule has 0 aromatic heterocycles. The smallest absolute Gasteiger partial charge is 0.245 e. The summed E-state index contributed by atoms with van der Waals surface area (Å²) in [5.74, 6) is 0.815. The van der Waals surface area contributed by atoms with Crippen molar-refractivity contribution in [2.45, 2.75) is 52.9 Å². The van der Waals surface area contributed by atoms with E-state index in [1.54, 1.807) is 0 Å². The van der Waals surface area contributed by atoms with Crippen LogP contribution in [0.4, 0.5) is 0 Å². The van der Waals surface area contributed by atoms with E-state index in [9.17, 15) is 4.79 Å². The van der Waals surface area contributed by atoms with Gasteiger partial charge in [0.25, 0.3) is 0 Å². The van der Waals surface area contributed by atoms with Crippen molar-refractivity contribution in [1.82, 2.24) is 5.32 Å². The first-order valence-electron chi connectivity index (χ1n) is 6.51. The van der Waals surface area contributed by atoms with Crippen LogP contribution in [0.1, 0.15) is 52.9 Å². The molecule has 0 fully saturated rings. The molecule has 0 bridgehead atoms. The minimum absolute atomic E-state index is 0.00373. The van der Waals surface area contributed by atoms with Crippen molar-refractivity contribution in [3.05, 3.63) is 0 Å². The molecule has 1 amide bonds. The third-order valence-corrected chi connectivity index (χ3v) is 2.47. The van der Waals surface area contributed by atoms with Crippen LogP contribution in [0.2, 0.25) is 0 Å². The van der Waals surface area contributed by atoms with Crippen LogP contribution in [0.5, 0.6) is 0 Å². The molecule has 0 rings (SSSR count). The molecule has 0 aliphatic rings. The summed E-state index contributed by atoms with van der Waals surface area (Å²) in [5, 5.41) is 2.85. The van der Waals surface area contributed by atoms with Gasteiger partial charge in [-0.25, -0.2) is 0 Å². The van der Waals surface area contributed by atoms with Gasteiger partial charge in [-0.05, 0) is 19.3 Å². The molecular formula is C13H27NO2. The zero-order valence-corrected chi connectivity index (χ0v) is 11.1. The molecule has 16 heavy (non-hydrogen) atoms. The second kappa shape index (κ2) is 10.9. The Balaban J connectivity index is 3.11. The van der Waals surface area contributed by atoms with Crippen LogP contribution >= 0.6 is 0 Å². The number of rotatable bonds is 10. The van der Waals surface area contributed by atoms with E-state index in [-0.39, 0.29) is 12.5 Å². The van der Waals surface area contributed by atoms with Gasteiger partial charge in [0.2, 0.25) is 5.91 Å². The van der Waals surface area contributed by atoms with Crippen molar-refractivity contribution in [3.8, 4) is 0 Å². The van der Waals surface area contributed by atoms with Gasteiger partial charge in [-0.2, -0.15) is 0 Å². The van der Waals surface area contributed by atoms with Gasteiger partial charge in [0.1, 0.15) is 6.61 Å². The van der Waals surface area contributed by atoms with Crippen molar-refractivity contribution in [3.63, 3.8) is 0 Å². The average Bonchev–Trinajstić information content (AvgIpc) is 2.24. The first-order chi connectivity index (χ1) is 7.66. The van der Waals surface area contributed by atoms with Crippen molar-refractivity contribution in [2.75, 3.05) is 19.8 Å². The van der Waals surface area contributed by atoms with E-state index in [1.165, 1.54) is 25.7 Å². The van der Waals surface area contributed by atoms with Gasteiger partial charge in [-0.15, -0.1) is 0 Å². The van der Waals surface area contributed by atoms with Crippen LogP contribution in [0.15, 0.2) is 0 Å². The Morgan fingerprint density at radius 2 is 1.88 bits per heavy atom. The molecule has 0 spiro atoms. The fourth-order valence-electron chi connectivity index (χ4n) is 1.50. The summed E-state index contributed by atoms with van der Waals surface area (Å²) >= 11 is 0. The second-order valence-electron chi connectivity index (χ2n) is 4.58. The van der Waals surface area contributed by atoms with Crippen molar-refractivity contribution in [1.29, 1.82) is 0 Å². The van der Waals surface area contributed by atoms with Gasteiger partial charge in [0, 0.05) is 13.2 Å². The fraction of sp³-hybridized carbons (Fsp3) is 0.923. The average molecular weight is 229 g/mol. The number of carbonyl (C=O) groups excluding carboxylic acids is 1. The number of ether oxygens (including phenoxy) is 1. The zero-order valence-electron chi connectivity index (χ0n) is 11.1. The molecule has 0 aromatic rings. The Labute approximate surface area is 99.9 Å². The van der Waals surface area contributed by atoms with Crippen LogP contribution in [-0.2, 0) is 9.53 Å². The van der Waals surface area contributed by atoms with Gasteiger partial charge < -0.3 is 10.1 Å². The summed E-state index contributed by atoms with van der Waals surface area (Å²) in [6.07, 6.45) is 6.19. The van der Waals surface area contributed by atoms with Crippen LogP contribution < -0.4 is 5.32 Å². The van der Waals surface area contributed by atoms with E-state index >= 15 is 0 Å². The highest BCUT2D eigenvalue weighted by Crippen LogP contribution is 2.08. The number of amides is 1. The largest absolute Gasteiger partial charge is 0.372 e. The monoisotopic (exact) mass is 229 g/mol. The normalized spacial score (nSPS) is 10.8. The number of hydrogen-bond donors (Lipinski definition) is 1. The summed E-state index contributed by atoms with van der Waals surface area (Å²) in [5.41, 5.74) is 0. The minimum Gasteiger partial charge on any atom is -0.372 e. The Morgan fingerprint density at radius 1 is 1.19 bits per heavy atom. The summed E-state index contributed by atoms with van der Waals surface area (Å²) < 4.78 is 5.01. The number of hydrogen-bond acceptors (Lipinski definition) is 2. The Morgan fingerprint density at radius 3 is 2.50 bits per heavy atom. The third kappa shape index (κ3) is 11.5. The lowest BCUT2D eigenvalue weighted by Gasteiger charge is -2.06. The molecule has 0 saturated carbocycles. The van der Waals surface area contributed by atoms with E-state index in [2.05, 4.69) is 19.2 Å². The fourth-order valence-corrected chi connectivity index (χ4v) is 1.50. The predicted octanol–water partition coefficient (Wildman–Crippen LogP) is 2.75. The molecule has 96 valence electrons. The molecule has 0 aromatic carbocycles. The SMILES string of the molecule is CCOCC(=O)NCCCCCCC(C)C. The quantitative estimate of drug-likeness (QED) is 0.585. The molecule has 0 unspecified atom stereocenters. The Kier molecular flexibility index (Phi) is 10.5. The molecule has 0 saturated heterocycles. The molecule has 1 N–H and O–H groups in total. The van der Waals surface area contributed by atoms with Gasteiger partial charge in [0.05, 0.1) is 0 Å². The molecular weight excluding hydrogens is 202 g/mol. The van der Waals surface area contributed by atoms with Crippen LogP contribution in [0, 0.1) is 5.92 Å². The molecule has 3 nitrogen and oxygen atoms in total. The highest BCUT2D eigenvalue weighted by molar-refractivity contribution is 5.77. The lowest BCUT2D eigenvalue weighted by Crippen LogP contribution is -2.28. The van der Waals surface area contributed by atoms with Gasteiger partial charge in [-0.1, -0.05) is 39.5 Å². The maximum Gasteiger partial charge on any atom is 0.245 e. The highest BCUT2D eigenvalue weighted by atomic mass is 16.5. The number of unbranched alkanes of at least 4 members (excludes halogenated alkanes) is 3. The minimum atomic E-state index is 0.00373. The molecule has 0 aliphatic heterocycles. The van der Waals surface area contributed by atoms with Crippen molar-refractivity contribution in [2.24, 2.45) is 5.92 Å². The van der Waals surface area contributed by atoms with Crippen LogP contribution in [0.3, 0.4) is 0 Å². The topological polar surface area (TPSA) is 38.3 Å². The van der Waals surface area contributed by atoms with Crippen molar-refractivity contribution < 1.29 is 9.53 Å². The summed E-state index contributed by atoms with van der Waals surface area (Å²) in [6.45, 7) is 7.99. The first-order valence-corrected chi connectivity index (χ1v) is 6.51. The second-order valence-corrected chi connectivity index (χ2v) is 4.58. The predicted molar refractivity (Wildman–Crippen MR) is 67.4 cm³/mol. The first kappa shape index (κ1) is 15.4. The van der Waals surface area contributed by atoms with E-state index in [0.717, 1.165) is 18.9 Å². The summed E-state index contributed by atoms with van der Waals surface area (Å²) in [4.78, 5) is 11.1. The van der Waals surface area contributed by atoms with Gasteiger partial charge in [-0.3, -0.25) is 4.79 Å². The zero-order chi connectivity index (χ0) is 12.2. The molecule has 0 heterocycles. The van der Waals surface area contributed by atoms with Crippen LogP contribution in [-0.4, -0.2) is 25.7 Å². The van der Waals surface area contributed by atoms with E-state index in [1.807, 2.05) is 6.92 Å². The van der Waals surface area contributed by atoms with E-state index in [0.29, 0.717) is 6.61 Å². The Bertz CT molecular complexity index is 169. The lowest BCUT2D eigenvalue weighted by atomic mass is 10.0. The third-order valence-electron chi connectivity index (χ3n) is 2.47. The van der Waals surface area contributed by atoms with Gasteiger partial charge in [0.15, 0.2) is 0 Å². The standard InChI is InChI=1S/C13H27NO2/c1-4-16-11-13(15)14-10-8-6-5-7-9-12(2)3/h12H,4-11H2,1-3H3,(H,14,15). The van der Waals surface area contributed by atoms with E-state index < -0.39 is 0 Å². The Hall–Kier alpha value is -0.570. The van der Waals surface area contributed by atoms with Gasteiger partial charge >= 0.3 is 0 Å². The maximum atomic E-state index is 11.1. The van der Waals surface area contributed by atoms with Crippen molar-refractivity contribution >= 4 is 5.91 Å². The molecule has 0 atom stereocenters. The molecule has 0 aliphatic carbocycles. The summed E-state index contributed by atoms with van der Waals surface area (Å²) in [7, 11) is 0. The number of carbonyl (C=O) groups is 1. The molecule has 0 radical (unpaired) electrons. The summed E-state index contributed by atoms with van der Waals surface area (Å²) in [6, 6.07) is 0. The van der Waals surface area contributed by atoms with E-state index in [4.69, 9.17) is 4.74 Å². The lowest BCUT2D eigenvalue weighted by molar-refractivity contribution is -0.125.